The molecule has 0 amide bonds. The van der Waals surface area contributed by atoms with Crippen molar-refractivity contribution in [2.45, 2.75) is 24.5 Å². The highest BCUT2D eigenvalue weighted by Gasteiger charge is 2.39. The van der Waals surface area contributed by atoms with Gasteiger partial charge in [-0.1, -0.05) is 0 Å². The van der Waals surface area contributed by atoms with E-state index in [1.165, 1.54) is 17.2 Å². The summed E-state index contributed by atoms with van der Waals surface area (Å²) in [5, 5.41) is 36.7. The summed E-state index contributed by atoms with van der Waals surface area (Å²) >= 11 is 0. The Hall–Kier alpha value is -1.81. The number of rotatable bonds is 1. The van der Waals surface area contributed by atoms with Crippen LogP contribution in [0.3, 0.4) is 0 Å². The number of hydrogen-bond donors (Lipinski definition) is 5. The van der Waals surface area contributed by atoms with Crippen LogP contribution in [0, 0.1) is 5.41 Å². The van der Waals surface area contributed by atoms with E-state index in [2.05, 4.69) is 15.0 Å². The van der Waals surface area contributed by atoms with Crippen molar-refractivity contribution in [3.05, 3.63) is 18.1 Å². The largest absolute Gasteiger partial charge is 0.388 e. The lowest BCUT2D eigenvalue weighted by atomic mass is 10.0. The van der Waals surface area contributed by atoms with Gasteiger partial charge >= 0.3 is 0 Å². The second-order valence-corrected chi connectivity index (χ2v) is 4.37. The molecule has 4 atom stereocenters. The Morgan fingerprint density at radius 3 is 2.89 bits per heavy atom. The molecule has 5 N–H and O–H groups in total. The van der Waals surface area contributed by atoms with E-state index < -0.39 is 24.5 Å². The number of nitrogens with one attached hydrogen (secondary N) is 2. The Kier molecular flexibility index (Phi) is 2.82. The molecule has 1 unspecified atom stereocenters. The molecular formula is C10H13N5O4. The Morgan fingerprint density at radius 1 is 1.32 bits per heavy atom. The molecule has 1 fully saturated rings. The number of H-pyrrole nitrogens is 1. The molecule has 0 aliphatic carbocycles. The molecule has 2 aromatic heterocycles. The first-order valence-electron chi connectivity index (χ1n) is 5.70. The van der Waals surface area contributed by atoms with Gasteiger partial charge in [-0.2, -0.15) is 0 Å². The van der Waals surface area contributed by atoms with Crippen molar-refractivity contribution in [2.24, 2.45) is 0 Å². The lowest BCUT2D eigenvalue weighted by molar-refractivity contribution is -0.210. The van der Waals surface area contributed by atoms with E-state index >= 15 is 0 Å². The number of hydrogen-bond acceptors (Lipinski definition) is 7. The molecule has 9 nitrogen and oxygen atoms in total. The first kappa shape index (κ1) is 12.2. The van der Waals surface area contributed by atoms with Crippen LogP contribution >= 0.6 is 0 Å². The molecule has 19 heavy (non-hydrogen) atoms. The molecule has 102 valence electrons. The molecule has 0 bridgehead atoms. The number of imidazole rings is 1. The Morgan fingerprint density at radius 2 is 2.11 bits per heavy atom. The summed E-state index contributed by atoms with van der Waals surface area (Å²) in [4.78, 5) is 10.7. The van der Waals surface area contributed by atoms with E-state index in [0.717, 1.165) is 0 Å². The van der Waals surface area contributed by atoms with E-state index in [4.69, 9.17) is 10.1 Å². The van der Waals surface area contributed by atoms with Crippen molar-refractivity contribution < 1.29 is 20.1 Å². The van der Waals surface area contributed by atoms with Gasteiger partial charge in [0.05, 0.1) is 12.9 Å². The normalized spacial score (nSPS) is 31.7. The Balaban J connectivity index is 2.07. The number of nitrogens with zero attached hydrogens (tertiary/aromatic N) is 3. The molecule has 3 rings (SSSR count). The van der Waals surface area contributed by atoms with Gasteiger partial charge in [-0.25, -0.2) is 9.97 Å². The van der Waals surface area contributed by atoms with Gasteiger partial charge in [0.25, 0.3) is 0 Å². The zero-order valence-corrected chi connectivity index (χ0v) is 9.76. The zero-order valence-electron chi connectivity index (χ0n) is 9.76. The Labute approximate surface area is 106 Å². The maximum absolute atomic E-state index is 9.96. The summed E-state index contributed by atoms with van der Waals surface area (Å²) in [6.07, 6.45) is -1.96. The van der Waals surface area contributed by atoms with Crippen molar-refractivity contribution in [3.8, 4) is 0 Å². The third-order valence-electron chi connectivity index (χ3n) is 3.16. The minimum absolute atomic E-state index is 0.0228. The standard InChI is InChI=1S/C10H13N5O4/c11-8-5-9(13-2-12-5)15(3-14-8)10-7(18)6(17)4(16)1-19-10/h2-4,6-7,10-11,16-18H,1H2,(H,12,13)/t4-,6-,7-,10?/m1/s1. The molecule has 1 aliphatic heterocycles. The molecule has 1 aliphatic rings. The maximum atomic E-state index is 9.96. The number of aromatic nitrogens is 4. The van der Waals surface area contributed by atoms with Gasteiger partial charge in [-0.15, -0.1) is 0 Å². The second kappa shape index (κ2) is 4.38. The van der Waals surface area contributed by atoms with E-state index in [1.807, 2.05) is 0 Å². The number of aliphatic hydroxyl groups is 3. The first-order chi connectivity index (χ1) is 9.09. The van der Waals surface area contributed by atoms with E-state index in [-0.39, 0.29) is 12.1 Å². The summed E-state index contributed by atoms with van der Waals surface area (Å²) in [5.74, 6) is 0. The van der Waals surface area contributed by atoms with Crippen LogP contribution in [0.4, 0.5) is 0 Å². The number of aromatic amines is 1. The Bertz CT molecular complexity index is 653. The molecular weight excluding hydrogens is 254 g/mol. The predicted octanol–water partition coefficient (Wildman–Crippen LogP) is -2.15. The molecule has 3 heterocycles. The second-order valence-electron chi connectivity index (χ2n) is 4.37. The van der Waals surface area contributed by atoms with Crippen LogP contribution in [0.5, 0.6) is 0 Å². The van der Waals surface area contributed by atoms with E-state index in [9.17, 15) is 15.3 Å². The van der Waals surface area contributed by atoms with Crippen molar-refractivity contribution >= 4 is 11.2 Å². The lowest BCUT2D eigenvalue weighted by Gasteiger charge is -2.36. The molecule has 0 saturated carbocycles. The molecule has 9 heteroatoms. The van der Waals surface area contributed by atoms with Gasteiger partial charge in [0.15, 0.2) is 17.4 Å². The molecule has 1 saturated heterocycles. The van der Waals surface area contributed by atoms with Gasteiger partial charge in [-0.05, 0) is 0 Å². The summed E-state index contributed by atoms with van der Waals surface area (Å²) < 4.78 is 6.74. The van der Waals surface area contributed by atoms with Crippen LogP contribution in [-0.2, 0) is 4.74 Å². The molecule has 0 spiro atoms. The minimum atomic E-state index is -1.31. The van der Waals surface area contributed by atoms with Gasteiger partial charge in [0, 0.05) is 0 Å². The average molecular weight is 267 g/mol. The SMILES string of the molecule is N=c1ncn(C2OC[C@@H](O)[C@@H](O)[C@H]2O)c2nc[nH]c12. The van der Waals surface area contributed by atoms with Crippen LogP contribution in [0.2, 0.25) is 0 Å². The van der Waals surface area contributed by atoms with Crippen molar-refractivity contribution in [3.63, 3.8) is 0 Å². The maximum Gasteiger partial charge on any atom is 0.173 e. The highest BCUT2D eigenvalue weighted by molar-refractivity contribution is 5.68. The number of fused-ring (bicyclic) bond motifs is 1. The summed E-state index contributed by atoms with van der Waals surface area (Å²) in [6.45, 7) is -0.107. The van der Waals surface area contributed by atoms with E-state index in [1.54, 1.807) is 0 Å². The third kappa shape index (κ3) is 1.83. The number of ether oxygens (including phenoxy) is 1. The smallest absolute Gasteiger partial charge is 0.173 e. The van der Waals surface area contributed by atoms with Gasteiger partial charge < -0.3 is 25.0 Å². The monoisotopic (exact) mass is 267 g/mol. The fourth-order valence-electron chi connectivity index (χ4n) is 2.12. The van der Waals surface area contributed by atoms with Crippen LogP contribution in [0.1, 0.15) is 6.23 Å². The summed E-state index contributed by atoms with van der Waals surface area (Å²) in [7, 11) is 0. The molecule has 0 radical (unpaired) electrons. The minimum Gasteiger partial charge on any atom is -0.388 e. The zero-order chi connectivity index (χ0) is 13.6. The van der Waals surface area contributed by atoms with E-state index in [0.29, 0.717) is 11.2 Å². The lowest BCUT2D eigenvalue weighted by Crippen LogP contribution is -2.50. The summed E-state index contributed by atoms with van der Waals surface area (Å²) in [6, 6.07) is 0. The van der Waals surface area contributed by atoms with Gasteiger partial charge in [0.1, 0.15) is 30.2 Å². The molecule has 0 aromatic carbocycles. The van der Waals surface area contributed by atoms with Crippen LogP contribution < -0.4 is 5.49 Å². The van der Waals surface area contributed by atoms with Crippen LogP contribution in [0.25, 0.3) is 11.2 Å². The number of aliphatic hydroxyl groups excluding tert-OH is 3. The van der Waals surface area contributed by atoms with Crippen LogP contribution in [-0.4, -0.2) is 59.8 Å². The summed E-state index contributed by atoms with van der Waals surface area (Å²) in [5.41, 5.74) is 0.807. The first-order valence-corrected chi connectivity index (χ1v) is 5.70. The highest BCUT2D eigenvalue weighted by atomic mass is 16.5. The topological polar surface area (TPSA) is 140 Å². The third-order valence-corrected chi connectivity index (χ3v) is 3.16. The fraction of sp³-hybridized carbons (Fsp3) is 0.500. The van der Waals surface area contributed by atoms with Gasteiger partial charge in [-0.3, -0.25) is 9.98 Å². The predicted molar refractivity (Wildman–Crippen MR) is 60.7 cm³/mol. The van der Waals surface area contributed by atoms with Crippen LogP contribution in [0.15, 0.2) is 12.7 Å². The van der Waals surface area contributed by atoms with Crippen molar-refractivity contribution in [2.75, 3.05) is 6.61 Å². The van der Waals surface area contributed by atoms with Crippen molar-refractivity contribution in [1.82, 2.24) is 19.5 Å². The fourth-order valence-corrected chi connectivity index (χ4v) is 2.12. The highest BCUT2D eigenvalue weighted by Crippen LogP contribution is 2.25. The average Bonchev–Trinajstić information content (AvgIpc) is 2.88. The van der Waals surface area contributed by atoms with Gasteiger partial charge in [0.2, 0.25) is 0 Å². The quantitative estimate of drug-likeness (QED) is 0.399. The molecule has 2 aromatic rings. The van der Waals surface area contributed by atoms with Crippen molar-refractivity contribution in [1.29, 1.82) is 5.41 Å².